The molecule has 0 fully saturated rings. The highest BCUT2D eigenvalue weighted by Gasteiger charge is 2.22. The van der Waals surface area contributed by atoms with E-state index in [0.29, 0.717) is 12.2 Å². The molecular formula is C5H5NO3. The molecule has 2 heterocycles. The molecule has 0 radical (unpaired) electrons. The van der Waals surface area contributed by atoms with E-state index in [0.717, 1.165) is 6.42 Å². The van der Waals surface area contributed by atoms with Crippen molar-refractivity contribution in [2.45, 2.75) is 13.0 Å². The van der Waals surface area contributed by atoms with Gasteiger partial charge >= 0.3 is 11.7 Å². The van der Waals surface area contributed by atoms with Crippen molar-refractivity contribution in [2.75, 3.05) is 0 Å². The highest BCUT2D eigenvalue weighted by molar-refractivity contribution is 5.18. The van der Waals surface area contributed by atoms with E-state index in [1.54, 1.807) is 0 Å². The van der Waals surface area contributed by atoms with Gasteiger partial charge < -0.3 is 9.52 Å². The molecule has 0 unspecified atom stereocenters. The molecule has 1 N–H and O–H groups in total. The third-order valence-corrected chi connectivity index (χ3v) is 1.55. The molecule has 0 atom stereocenters. The lowest BCUT2D eigenvalue weighted by molar-refractivity contribution is 0.317. The molecule has 0 bridgehead atoms. The summed E-state index contributed by atoms with van der Waals surface area (Å²) < 4.78 is 5.78. The van der Waals surface area contributed by atoms with E-state index in [9.17, 15) is 4.79 Å². The molecule has 0 saturated heterocycles. The van der Waals surface area contributed by atoms with Gasteiger partial charge in [0, 0.05) is 13.0 Å². The Morgan fingerprint density at radius 3 is 2.67 bits per heavy atom. The fourth-order valence-electron chi connectivity index (χ4n) is 0.956. The summed E-state index contributed by atoms with van der Waals surface area (Å²) in [6, 6.07) is 0. The minimum absolute atomic E-state index is 0.216. The van der Waals surface area contributed by atoms with Gasteiger partial charge in [-0.05, 0) is 0 Å². The average Bonchev–Trinajstić information content (AvgIpc) is 1.73. The molecular weight excluding hydrogens is 122 g/mol. The smallest absolute Gasteiger partial charge is 0.422 e. The molecule has 1 aliphatic heterocycles. The Bertz CT molecular complexity index is 296. The number of oxazole rings is 1. The largest absolute Gasteiger partial charge is 0.479 e. The van der Waals surface area contributed by atoms with Crippen LogP contribution in [0, 0.1) is 0 Å². The van der Waals surface area contributed by atoms with E-state index >= 15 is 0 Å². The molecule has 4 heteroatoms. The molecule has 1 aliphatic rings. The summed E-state index contributed by atoms with van der Waals surface area (Å²) in [4.78, 5) is 10.5. The lowest BCUT2D eigenvalue weighted by Crippen LogP contribution is -2.26. The Labute approximate surface area is 50.3 Å². The topological polar surface area (TPSA) is 55.4 Å². The van der Waals surface area contributed by atoms with Gasteiger partial charge in [0.05, 0.1) is 0 Å². The summed E-state index contributed by atoms with van der Waals surface area (Å²) >= 11 is 0. The van der Waals surface area contributed by atoms with Crippen LogP contribution in [0.2, 0.25) is 0 Å². The summed E-state index contributed by atoms with van der Waals surface area (Å²) in [7, 11) is 0. The Hall–Kier alpha value is -1.19. The van der Waals surface area contributed by atoms with E-state index in [1.165, 1.54) is 4.57 Å². The van der Waals surface area contributed by atoms with Crippen LogP contribution in [0.4, 0.5) is 0 Å². The van der Waals surface area contributed by atoms with Gasteiger partial charge in [-0.25, -0.2) is 4.79 Å². The van der Waals surface area contributed by atoms with Gasteiger partial charge in [-0.1, -0.05) is 0 Å². The van der Waals surface area contributed by atoms with Crippen molar-refractivity contribution in [3.05, 3.63) is 16.2 Å². The molecule has 0 spiro atoms. The Morgan fingerprint density at radius 1 is 1.67 bits per heavy atom. The maximum Gasteiger partial charge on any atom is 0.422 e. The first-order valence-electron chi connectivity index (χ1n) is 2.70. The SMILES string of the molecule is O=c1oc(O)c2n1CC2. The average molecular weight is 127 g/mol. The zero-order valence-corrected chi connectivity index (χ0v) is 4.63. The van der Waals surface area contributed by atoms with Crippen LogP contribution in [0.1, 0.15) is 5.69 Å². The number of hydrogen-bond acceptors (Lipinski definition) is 3. The monoisotopic (exact) mass is 127 g/mol. The summed E-state index contributed by atoms with van der Waals surface area (Å²) in [5.74, 6) is -0.667. The molecule has 0 aliphatic carbocycles. The first kappa shape index (κ1) is 4.67. The van der Waals surface area contributed by atoms with Crippen LogP contribution >= 0.6 is 0 Å². The summed E-state index contributed by atoms with van der Waals surface area (Å²) in [6.45, 7) is 0.679. The van der Waals surface area contributed by atoms with Gasteiger partial charge in [-0.2, -0.15) is 0 Å². The minimum Gasteiger partial charge on any atom is -0.479 e. The Morgan fingerprint density at radius 2 is 2.44 bits per heavy atom. The first-order chi connectivity index (χ1) is 4.29. The second-order valence-electron chi connectivity index (χ2n) is 2.02. The van der Waals surface area contributed by atoms with E-state index < -0.39 is 5.76 Å². The molecule has 9 heavy (non-hydrogen) atoms. The van der Waals surface area contributed by atoms with Gasteiger partial charge in [-0.15, -0.1) is 0 Å². The number of aromatic nitrogens is 1. The Kier molecular flexibility index (Phi) is 0.625. The maximum atomic E-state index is 10.5. The van der Waals surface area contributed by atoms with Crippen molar-refractivity contribution in [2.24, 2.45) is 0 Å². The molecule has 0 saturated carbocycles. The van der Waals surface area contributed by atoms with Crippen LogP contribution in [0.5, 0.6) is 5.95 Å². The van der Waals surface area contributed by atoms with E-state index in [-0.39, 0.29) is 5.95 Å². The summed E-state index contributed by atoms with van der Waals surface area (Å²) in [6.07, 6.45) is 0.748. The van der Waals surface area contributed by atoms with Gasteiger partial charge in [0.15, 0.2) is 0 Å². The molecule has 1 aromatic heterocycles. The number of fused-ring (bicyclic) bond motifs is 1. The van der Waals surface area contributed by atoms with E-state index in [1.807, 2.05) is 0 Å². The van der Waals surface area contributed by atoms with Crippen LogP contribution in [0.3, 0.4) is 0 Å². The fourth-order valence-corrected chi connectivity index (χ4v) is 0.956. The number of aromatic hydroxyl groups is 1. The fraction of sp³-hybridized carbons (Fsp3) is 0.400. The third-order valence-electron chi connectivity index (χ3n) is 1.55. The predicted molar refractivity (Wildman–Crippen MR) is 28.3 cm³/mol. The normalized spacial score (nSPS) is 14.7. The van der Waals surface area contributed by atoms with E-state index in [4.69, 9.17) is 5.11 Å². The zero-order valence-electron chi connectivity index (χ0n) is 4.63. The highest BCUT2D eigenvalue weighted by Crippen LogP contribution is 2.22. The van der Waals surface area contributed by atoms with Gasteiger partial charge in [0.2, 0.25) is 0 Å². The summed E-state index contributed by atoms with van der Waals surface area (Å²) in [5, 5.41) is 8.78. The molecule has 1 aromatic rings. The molecule has 2 rings (SSSR count). The van der Waals surface area contributed by atoms with Crippen LogP contribution in [-0.2, 0) is 13.0 Å². The molecule has 0 aromatic carbocycles. The lowest BCUT2D eigenvalue weighted by Gasteiger charge is -2.12. The molecule has 4 nitrogen and oxygen atoms in total. The van der Waals surface area contributed by atoms with Gasteiger partial charge in [0.1, 0.15) is 5.69 Å². The van der Waals surface area contributed by atoms with Crippen molar-refractivity contribution >= 4 is 0 Å². The Balaban J connectivity index is 2.81. The minimum atomic E-state index is -0.450. The van der Waals surface area contributed by atoms with E-state index in [2.05, 4.69) is 4.42 Å². The number of rotatable bonds is 0. The van der Waals surface area contributed by atoms with Crippen molar-refractivity contribution < 1.29 is 9.52 Å². The second kappa shape index (κ2) is 1.21. The standard InChI is InChI=1S/C5H5NO3/c7-4-3-1-2-6(3)5(8)9-4/h7H,1-2H2. The maximum absolute atomic E-state index is 10.5. The first-order valence-corrected chi connectivity index (χ1v) is 2.70. The van der Waals surface area contributed by atoms with Crippen molar-refractivity contribution in [3.8, 4) is 5.95 Å². The van der Waals surface area contributed by atoms with Crippen LogP contribution < -0.4 is 5.76 Å². The van der Waals surface area contributed by atoms with Crippen LogP contribution in [0.25, 0.3) is 0 Å². The second-order valence-corrected chi connectivity index (χ2v) is 2.02. The zero-order chi connectivity index (χ0) is 6.43. The van der Waals surface area contributed by atoms with Crippen molar-refractivity contribution in [1.29, 1.82) is 0 Å². The van der Waals surface area contributed by atoms with Crippen LogP contribution in [0.15, 0.2) is 9.21 Å². The molecule has 0 amide bonds. The highest BCUT2D eigenvalue weighted by atomic mass is 16.5. The predicted octanol–water partition coefficient (Wildman–Crippen LogP) is -0.297. The quantitative estimate of drug-likeness (QED) is 0.520. The van der Waals surface area contributed by atoms with Gasteiger partial charge in [-0.3, -0.25) is 4.57 Å². The van der Waals surface area contributed by atoms with Crippen molar-refractivity contribution in [3.63, 3.8) is 0 Å². The summed E-state index contributed by atoms with van der Waals surface area (Å²) in [5.41, 5.74) is 0.625. The third kappa shape index (κ3) is 0.401. The van der Waals surface area contributed by atoms with Gasteiger partial charge in [0.25, 0.3) is 0 Å². The van der Waals surface area contributed by atoms with Crippen LogP contribution in [-0.4, -0.2) is 9.67 Å². The molecule has 48 valence electrons. The number of hydrogen-bond donors (Lipinski definition) is 1. The lowest BCUT2D eigenvalue weighted by atomic mass is 10.2. The number of nitrogens with zero attached hydrogens (tertiary/aromatic N) is 1. The van der Waals surface area contributed by atoms with Crippen molar-refractivity contribution in [1.82, 2.24) is 4.57 Å².